The minimum atomic E-state index is -0.553. The third kappa shape index (κ3) is 2.45. The third-order valence-electron chi connectivity index (χ3n) is 2.36. The molecule has 1 aromatic heterocycles. The summed E-state index contributed by atoms with van der Waals surface area (Å²) in [7, 11) is 0. The second-order valence-electron chi connectivity index (χ2n) is 3.40. The van der Waals surface area contributed by atoms with Crippen LogP contribution in [0.15, 0.2) is 12.3 Å². The van der Waals surface area contributed by atoms with Crippen LogP contribution in [0.3, 0.4) is 0 Å². The molecule has 1 saturated heterocycles. The molecular formula is C10H10Cl2N2O2. The molecule has 0 spiro atoms. The molecule has 0 aromatic carbocycles. The lowest BCUT2D eigenvalue weighted by molar-refractivity contribution is 0.108. The van der Waals surface area contributed by atoms with Gasteiger partial charge in [-0.05, 0) is 17.7 Å². The molecule has 6 heteroatoms. The number of halogens is 2. The second-order valence-corrected chi connectivity index (χ2v) is 4.15. The highest BCUT2D eigenvalue weighted by molar-refractivity contribution is 6.67. The number of pyridine rings is 1. The summed E-state index contributed by atoms with van der Waals surface area (Å²) in [5, 5.41) is -0.115. The van der Waals surface area contributed by atoms with Gasteiger partial charge in [0, 0.05) is 19.3 Å². The van der Waals surface area contributed by atoms with Crippen LogP contribution < -0.4 is 4.90 Å². The molecule has 0 atom stereocenters. The van der Waals surface area contributed by atoms with Crippen LogP contribution in [0.2, 0.25) is 5.02 Å². The highest BCUT2D eigenvalue weighted by Gasteiger charge is 2.16. The van der Waals surface area contributed by atoms with E-state index in [9.17, 15) is 4.79 Å². The summed E-state index contributed by atoms with van der Waals surface area (Å²) in [6.07, 6.45) is 1.44. The lowest BCUT2D eigenvalue weighted by Crippen LogP contribution is -2.36. The molecule has 2 rings (SSSR count). The average Bonchev–Trinajstić information content (AvgIpc) is 2.30. The summed E-state index contributed by atoms with van der Waals surface area (Å²) in [5.41, 5.74) is 0.309. The Hall–Kier alpha value is -0.840. The molecule has 1 fully saturated rings. The number of aromatic nitrogens is 1. The van der Waals surface area contributed by atoms with E-state index in [1.165, 1.54) is 12.3 Å². The van der Waals surface area contributed by atoms with E-state index in [4.69, 9.17) is 27.9 Å². The molecule has 86 valence electrons. The Kier molecular flexibility index (Phi) is 3.63. The maximum absolute atomic E-state index is 10.9. The van der Waals surface area contributed by atoms with Gasteiger partial charge in [0.25, 0.3) is 5.24 Å². The van der Waals surface area contributed by atoms with Crippen LogP contribution in [0, 0.1) is 0 Å². The molecule has 0 amide bonds. The molecule has 0 N–H and O–H groups in total. The zero-order valence-corrected chi connectivity index (χ0v) is 9.96. The summed E-state index contributed by atoms with van der Waals surface area (Å²) in [5.74, 6) is 0.673. The molecule has 16 heavy (non-hydrogen) atoms. The summed E-state index contributed by atoms with van der Waals surface area (Å²) in [6, 6.07) is 1.54. The molecule has 0 radical (unpaired) electrons. The number of hydrogen-bond donors (Lipinski definition) is 0. The number of anilines is 1. The van der Waals surface area contributed by atoms with Crippen LogP contribution in [0.5, 0.6) is 0 Å². The van der Waals surface area contributed by atoms with Crippen LogP contribution in [0.1, 0.15) is 10.4 Å². The predicted octanol–water partition coefficient (Wildman–Crippen LogP) is 1.95. The van der Waals surface area contributed by atoms with Crippen LogP contribution in [-0.2, 0) is 4.74 Å². The fourth-order valence-corrected chi connectivity index (χ4v) is 1.94. The van der Waals surface area contributed by atoms with Crippen LogP contribution in [0.4, 0.5) is 5.82 Å². The molecule has 0 saturated carbocycles. The minimum absolute atomic E-state index is 0.309. The fourth-order valence-electron chi connectivity index (χ4n) is 1.55. The molecule has 4 nitrogen and oxygen atoms in total. The number of hydrogen-bond acceptors (Lipinski definition) is 4. The van der Waals surface area contributed by atoms with Gasteiger partial charge in [-0.1, -0.05) is 11.6 Å². The number of ether oxygens (including phenoxy) is 1. The van der Waals surface area contributed by atoms with Gasteiger partial charge >= 0.3 is 0 Å². The van der Waals surface area contributed by atoms with E-state index in [1.807, 2.05) is 4.90 Å². The number of morpholine rings is 1. The van der Waals surface area contributed by atoms with Gasteiger partial charge in [0.2, 0.25) is 0 Å². The first-order valence-corrected chi connectivity index (χ1v) is 5.62. The Morgan fingerprint density at radius 2 is 2.12 bits per heavy atom. The topological polar surface area (TPSA) is 42.4 Å². The lowest BCUT2D eigenvalue weighted by Gasteiger charge is -2.28. The van der Waals surface area contributed by atoms with Crippen molar-refractivity contribution in [1.82, 2.24) is 4.98 Å². The monoisotopic (exact) mass is 260 g/mol. The number of rotatable bonds is 2. The van der Waals surface area contributed by atoms with Crippen molar-refractivity contribution in [3.05, 3.63) is 22.8 Å². The third-order valence-corrected chi connectivity index (χ3v) is 2.86. The summed E-state index contributed by atoms with van der Waals surface area (Å²) >= 11 is 11.4. The first kappa shape index (κ1) is 11.6. The van der Waals surface area contributed by atoms with Crippen molar-refractivity contribution < 1.29 is 9.53 Å². The maximum Gasteiger partial charge on any atom is 0.253 e. The number of carbonyl (C=O) groups excluding carboxylic acids is 1. The molecular weight excluding hydrogens is 251 g/mol. The quantitative estimate of drug-likeness (QED) is 0.763. The fraction of sp³-hybridized carbons (Fsp3) is 0.400. The van der Waals surface area contributed by atoms with Gasteiger partial charge in [-0.3, -0.25) is 4.79 Å². The van der Waals surface area contributed by atoms with Gasteiger partial charge in [0.05, 0.1) is 23.8 Å². The molecule has 1 aromatic rings. The lowest BCUT2D eigenvalue weighted by atomic mass is 10.3. The summed E-state index contributed by atoms with van der Waals surface area (Å²) in [4.78, 5) is 17.1. The maximum atomic E-state index is 10.9. The molecule has 0 bridgehead atoms. The summed E-state index contributed by atoms with van der Waals surface area (Å²) < 4.78 is 5.24. The highest BCUT2D eigenvalue weighted by Crippen LogP contribution is 2.25. The average molecular weight is 261 g/mol. The molecule has 1 aliphatic rings. The predicted molar refractivity (Wildman–Crippen MR) is 62.5 cm³/mol. The standard InChI is InChI=1S/C10H10Cl2N2O2/c11-8-5-7(9(12)15)6-13-10(8)14-1-3-16-4-2-14/h5-6H,1-4H2. The molecule has 2 heterocycles. The van der Waals surface area contributed by atoms with E-state index in [1.54, 1.807) is 0 Å². The van der Waals surface area contributed by atoms with E-state index in [-0.39, 0.29) is 0 Å². The van der Waals surface area contributed by atoms with Crippen LogP contribution in [-0.4, -0.2) is 36.5 Å². The van der Waals surface area contributed by atoms with Gasteiger partial charge in [-0.25, -0.2) is 4.98 Å². The zero-order chi connectivity index (χ0) is 11.5. The Bertz CT molecular complexity index is 406. The van der Waals surface area contributed by atoms with E-state index in [0.29, 0.717) is 29.6 Å². The Balaban J connectivity index is 2.24. The van der Waals surface area contributed by atoms with Crippen molar-refractivity contribution in [1.29, 1.82) is 0 Å². The van der Waals surface area contributed by atoms with Crippen molar-refractivity contribution >= 4 is 34.3 Å². The largest absolute Gasteiger partial charge is 0.378 e. The molecule has 0 unspecified atom stereocenters. The van der Waals surface area contributed by atoms with E-state index >= 15 is 0 Å². The highest BCUT2D eigenvalue weighted by atomic mass is 35.5. The van der Waals surface area contributed by atoms with Crippen molar-refractivity contribution in [2.45, 2.75) is 0 Å². The van der Waals surface area contributed by atoms with E-state index in [0.717, 1.165) is 13.1 Å². The Labute approximate surface area is 103 Å². The second kappa shape index (κ2) is 4.99. The van der Waals surface area contributed by atoms with E-state index in [2.05, 4.69) is 4.98 Å². The van der Waals surface area contributed by atoms with Crippen molar-refractivity contribution in [3.8, 4) is 0 Å². The smallest absolute Gasteiger partial charge is 0.253 e. The minimum Gasteiger partial charge on any atom is -0.378 e. The SMILES string of the molecule is O=C(Cl)c1cnc(N2CCOCC2)c(Cl)c1. The van der Waals surface area contributed by atoms with Gasteiger partial charge < -0.3 is 9.64 Å². The molecule has 1 aliphatic heterocycles. The molecule has 0 aliphatic carbocycles. The van der Waals surface area contributed by atoms with Crippen LogP contribution in [0.25, 0.3) is 0 Å². The summed E-state index contributed by atoms with van der Waals surface area (Å²) in [6.45, 7) is 2.82. The van der Waals surface area contributed by atoms with Crippen molar-refractivity contribution in [3.63, 3.8) is 0 Å². The first-order valence-electron chi connectivity index (χ1n) is 4.86. The number of nitrogens with zero attached hydrogens (tertiary/aromatic N) is 2. The Morgan fingerprint density at radius 3 is 2.69 bits per heavy atom. The zero-order valence-electron chi connectivity index (χ0n) is 8.45. The van der Waals surface area contributed by atoms with Crippen molar-refractivity contribution in [2.24, 2.45) is 0 Å². The van der Waals surface area contributed by atoms with Gasteiger partial charge in [0.15, 0.2) is 0 Å². The first-order chi connectivity index (χ1) is 7.68. The van der Waals surface area contributed by atoms with Gasteiger partial charge in [0.1, 0.15) is 5.82 Å². The van der Waals surface area contributed by atoms with Crippen LogP contribution >= 0.6 is 23.2 Å². The van der Waals surface area contributed by atoms with Gasteiger partial charge in [-0.2, -0.15) is 0 Å². The van der Waals surface area contributed by atoms with E-state index < -0.39 is 5.24 Å². The number of carbonyl (C=O) groups is 1. The van der Waals surface area contributed by atoms with Crippen molar-refractivity contribution in [2.75, 3.05) is 31.2 Å². The Morgan fingerprint density at radius 1 is 1.44 bits per heavy atom. The van der Waals surface area contributed by atoms with Gasteiger partial charge in [-0.15, -0.1) is 0 Å². The normalized spacial score (nSPS) is 16.2.